The quantitative estimate of drug-likeness (QED) is 0.761. The second-order valence-corrected chi connectivity index (χ2v) is 7.17. The lowest BCUT2D eigenvalue weighted by Crippen LogP contribution is -2.53. The third kappa shape index (κ3) is 4.46. The minimum atomic E-state index is 0.447. The summed E-state index contributed by atoms with van der Waals surface area (Å²) < 4.78 is 0. The van der Waals surface area contributed by atoms with Gasteiger partial charge in [0.1, 0.15) is 0 Å². The van der Waals surface area contributed by atoms with Gasteiger partial charge in [-0.25, -0.2) is 0 Å². The van der Waals surface area contributed by atoms with Gasteiger partial charge in [-0.05, 0) is 52.2 Å². The van der Waals surface area contributed by atoms with Crippen LogP contribution in [0, 0.1) is 5.92 Å². The number of hydrogen-bond donors (Lipinski definition) is 1. The number of hydrogen-bond acceptors (Lipinski definition) is 2. The lowest BCUT2D eigenvalue weighted by Gasteiger charge is -2.43. The van der Waals surface area contributed by atoms with Gasteiger partial charge in [-0.15, -0.1) is 0 Å². The fourth-order valence-corrected chi connectivity index (χ4v) is 4.07. The molecule has 2 rings (SSSR count). The molecule has 0 spiro atoms. The Morgan fingerprint density at radius 1 is 0.895 bits per heavy atom. The summed E-state index contributed by atoms with van der Waals surface area (Å²) in [7, 11) is 4.55. The Morgan fingerprint density at radius 2 is 1.47 bits per heavy atom. The molecule has 2 fully saturated rings. The molecule has 0 unspecified atom stereocenters. The van der Waals surface area contributed by atoms with Gasteiger partial charge < -0.3 is 10.2 Å². The molecule has 1 N–H and O–H groups in total. The van der Waals surface area contributed by atoms with Crippen LogP contribution in [-0.4, -0.2) is 37.6 Å². The van der Waals surface area contributed by atoms with Crippen molar-refractivity contribution in [3.8, 4) is 0 Å². The van der Waals surface area contributed by atoms with Crippen molar-refractivity contribution in [3.05, 3.63) is 0 Å². The molecule has 0 atom stereocenters. The third-order valence-electron chi connectivity index (χ3n) is 5.59. The molecule has 0 aromatic heterocycles. The average molecular weight is 266 g/mol. The fraction of sp³-hybridized carbons (Fsp3) is 1.00. The molecule has 19 heavy (non-hydrogen) atoms. The fourth-order valence-electron chi connectivity index (χ4n) is 4.07. The molecule has 0 saturated heterocycles. The van der Waals surface area contributed by atoms with E-state index < -0.39 is 0 Å². The monoisotopic (exact) mass is 266 g/mol. The number of likely N-dealkylation sites (N-methyl/N-ethyl adjacent to an activating group) is 1. The van der Waals surface area contributed by atoms with Crippen molar-refractivity contribution in [2.45, 2.75) is 76.2 Å². The van der Waals surface area contributed by atoms with Crippen LogP contribution in [0.15, 0.2) is 0 Å². The highest BCUT2D eigenvalue weighted by Gasteiger charge is 2.33. The van der Waals surface area contributed by atoms with Crippen molar-refractivity contribution in [2.24, 2.45) is 5.92 Å². The SMILES string of the molecule is CN(C)C1(CNCC2CCCCCC2)CCCCC1. The highest BCUT2D eigenvalue weighted by atomic mass is 15.2. The number of nitrogens with one attached hydrogen (secondary N) is 1. The molecule has 2 heteroatoms. The molecule has 0 heterocycles. The normalized spacial score (nSPS) is 25.4. The summed E-state index contributed by atoms with van der Waals surface area (Å²) in [6, 6.07) is 0. The van der Waals surface area contributed by atoms with E-state index in [2.05, 4.69) is 24.3 Å². The predicted molar refractivity (Wildman–Crippen MR) is 83.6 cm³/mol. The first-order valence-electron chi connectivity index (χ1n) is 8.61. The van der Waals surface area contributed by atoms with E-state index in [4.69, 9.17) is 0 Å². The van der Waals surface area contributed by atoms with Crippen LogP contribution in [-0.2, 0) is 0 Å². The molecule has 0 amide bonds. The summed E-state index contributed by atoms with van der Waals surface area (Å²) in [5, 5.41) is 3.83. The summed E-state index contributed by atoms with van der Waals surface area (Å²) in [6.45, 7) is 2.46. The van der Waals surface area contributed by atoms with Gasteiger partial charge >= 0.3 is 0 Å². The molecule has 2 aliphatic rings. The molecule has 0 radical (unpaired) electrons. The Bertz CT molecular complexity index is 236. The molecular formula is C17H34N2. The Morgan fingerprint density at radius 3 is 2.05 bits per heavy atom. The number of rotatable bonds is 5. The van der Waals surface area contributed by atoms with Gasteiger partial charge in [-0.1, -0.05) is 44.9 Å². The lowest BCUT2D eigenvalue weighted by atomic mass is 9.80. The van der Waals surface area contributed by atoms with Crippen molar-refractivity contribution < 1.29 is 0 Å². The standard InChI is InChI=1S/C17H34N2/c1-19(2)17(12-8-5-9-13-17)15-18-14-16-10-6-3-4-7-11-16/h16,18H,3-15H2,1-2H3. The van der Waals surface area contributed by atoms with Crippen LogP contribution in [0.3, 0.4) is 0 Å². The first kappa shape index (κ1) is 15.3. The van der Waals surface area contributed by atoms with Gasteiger partial charge in [-0.3, -0.25) is 0 Å². The van der Waals surface area contributed by atoms with E-state index in [1.807, 2.05) is 0 Å². The van der Waals surface area contributed by atoms with Crippen LogP contribution in [0.4, 0.5) is 0 Å². The van der Waals surface area contributed by atoms with Crippen LogP contribution in [0.1, 0.15) is 70.6 Å². The number of nitrogens with zero attached hydrogens (tertiary/aromatic N) is 1. The molecule has 112 valence electrons. The molecule has 0 aromatic carbocycles. The molecule has 2 saturated carbocycles. The molecule has 0 bridgehead atoms. The Hall–Kier alpha value is -0.0800. The van der Waals surface area contributed by atoms with E-state index in [9.17, 15) is 0 Å². The lowest BCUT2D eigenvalue weighted by molar-refractivity contribution is 0.0972. The molecule has 2 nitrogen and oxygen atoms in total. The first-order valence-corrected chi connectivity index (χ1v) is 8.61. The summed E-state index contributed by atoms with van der Waals surface area (Å²) >= 11 is 0. The Balaban J connectivity index is 1.75. The highest BCUT2D eigenvalue weighted by molar-refractivity contribution is 4.92. The average Bonchev–Trinajstić information content (AvgIpc) is 2.68. The molecule has 2 aliphatic carbocycles. The maximum atomic E-state index is 3.83. The third-order valence-corrected chi connectivity index (χ3v) is 5.59. The summed E-state index contributed by atoms with van der Waals surface area (Å²) in [4.78, 5) is 2.49. The van der Waals surface area contributed by atoms with Crippen molar-refractivity contribution in [2.75, 3.05) is 27.2 Å². The molecule has 0 aromatic rings. The minimum Gasteiger partial charge on any atom is -0.315 e. The Kier molecular flexibility index (Phi) is 6.15. The van der Waals surface area contributed by atoms with Crippen molar-refractivity contribution in [1.82, 2.24) is 10.2 Å². The minimum absolute atomic E-state index is 0.447. The van der Waals surface area contributed by atoms with Gasteiger partial charge in [0.25, 0.3) is 0 Å². The second kappa shape index (κ2) is 7.64. The van der Waals surface area contributed by atoms with Crippen LogP contribution >= 0.6 is 0 Å². The summed E-state index contributed by atoms with van der Waals surface area (Å²) in [5.74, 6) is 0.949. The van der Waals surface area contributed by atoms with Crippen LogP contribution in [0.5, 0.6) is 0 Å². The summed E-state index contributed by atoms with van der Waals surface area (Å²) in [6.07, 6.45) is 15.8. The van der Waals surface area contributed by atoms with Gasteiger partial charge in [0.2, 0.25) is 0 Å². The zero-order chi connectivity index (χ0) is 13.6. The van der Waals surface area contributed by atoms with Gasteiger partial charge in [-0.2, -0.15) is 0 Å². The smallest absolute Gasteiger partial charge is 0.0327 e. The van der Waals surface area contributed by atoms with Gasteiger partial charge in [0, 0.05) is 12.1 Å². The maximum Gasteiger partial charge on any atom is 0.0327 e. The second-order valence-electron chi connectivity index (χ2n) is 7.17. The van der Waals surface area contributed by atoms with Crippen LogP contribution in [0.25, 0.3) is 0 Å². The largest absolute Gasteiger partial charge is 0.315 e. The van der Waals surface area contributed by atoms with Crippen LogP contribution in [0.2, 0.25) is 0 Å². The topological polar surface area (TPSA) is 15.3 Å². The van der Waals surface area contributed by atoms with Crippen molar-refractivity contribution >= 4 is 0 Å². The zero-order valence-corrected chi connectivity index (χ0v) is 13.2. The predicted octanol–water partition coefficient (Wildman–Crippen LogP) is 3.81. The maximum absolute atomic E-state index is 3.83. The Labute approximate surface area is 120 Å². The molecular weight excluding hydrogens is 232 g/mol. The van der Waals surface area contributed by atoms with Crippen molar-refractivity contribution in [3.63, 3.8) is 0 Å². The van der Waals surface area contributed by atoms with E-state index in [0.29, 0.717) is 5.54 Å². The van der Waals surface area contributed by atoms with Crippen molar-refractivity contribution in [1.29, 1.82) is 0 Å². The summed E-state index contributed by atoms with van der Waals surface area (Å²) in [5.41, 5.74) is 0.447. The van der Waals surface area contributed by atoms with E-state index in [-0.39, 0.29) is 0 Å². The van der Waals surface area contributed by atoms with Crippen LogP contribution < -0.4 is 5.32 Å². The van der Waals surface area contributed by atoms with E-state index in [1.54, 1.807) is 0 Å². The van der Waals surface area contributed by atoms with Gasteiger partial charge in [0.15, 0.2) is 0 Å². The van der Waals surface area contributed by atoms with E-state index in [0.717, 1.165) is 5.92 Å². The zero-order valence-electron chi connectivity index (χ0n) is 13.2. The van der Waals surface area contributed by atoms with Gasteiger partial charge in [0.05, 0.1) is 0 Å². The van der Waals surface area contributed by atoms with E-state index in [1.165, 1.54) is 83.7 Å². The molecule has 0 aliphatic heterocycles. The first-order chi connectivity index (χ1) is 9.23. The highest BCUT2D eigenvalue weighted by Crippen LogP contribution is 2.31. The van der Waals surface area contributed by atoms with E-state index >= 15 is 0 Å².